The molecular weight excluding hydrogens is 292 g/mol. The van der Waals surface area contributed by atoms with Crippen LogP contribution in [0.3, 0.4) is 0 Å². The van der Waals surface area contributed by atoms with Crippen molar-refractivity contribution in [3.05, 3.63) is 36.2 Å². The van der Waals surface area contributed by atoms with Crippen molar-refractivity contribution in [2.24, 2.45) is 0 Å². The highest BCUT2D eigenvalue weighted by Gasteiger charge is 2.36. The lowest BCUT2D eigenvalue weighted by atomic mass is 10.1. The van der Waals surface area contributed by atoms with E-state index < -0.39 is 0 Å². The van der Waals surface area contributed by atoms with Crippen LogP contribution in [-0.4, -0.2) is 32.1 Å². The highest BCUT2D eigenvalue weighted by atomic mass is 16.5. The number of carbonyl (C=O) groups is 1. The Morgan fingerprint density at radius 1 is 1.35 bits per heavy atom. The number of rotatable bonds is 5. The summed E-state index contributed by atoms with van der Waals surface area (Å²) >= 11 is 0. The quantitative estimate of drug-likeness (QED) is 0.851. The first-order valence-electron chi connectivity index (χ1n) is 8.48. The lowest BCUT2D eigenvalue weighted by Gasteiger charge is -2.24. The molecule has 2 atom stereocenters. The molecule has 1 saturated heterocycles. The summed E-state index contributed by atoms with van der Waals surface area (Å²) in [6.45, 7) is 2.86. The fourth-order valence-corrected chi connectivity index (χ4v) is 3.33. The lowest BCUT2D eigenvalue weighted by Crippen LogP contribution is -2.32. The zero-order chi connectivity index (χ0) is 15.8. The normalized spacial score (nSPS) is 22.5. The average molecular weight is 314 g/mol. The topological polar surface area (TPSA) is 64.2 Å². The van der Waals surface area contributed by atoms with E-state index >= 15 is 0 Å². The minimum atomic E-state index is -0.0180. The zero-order valence-electron chi connectivity index (χ0n) is 13.4. The molecule has 2 aliphatic rings. The second-order valence-corrected chi connectivity index (χ2v) is 6.69. The van der Waals surface area contributed by atoms with Crippen LogP contribution in [-0.2, 0) is 4.79 Å². The van der Waals surface area contributed by atoms with Gasteiger partial charge in [-0.2, -0.15) is 4.98 Å². The minimum absolute atomic E-state index is 0.0180. The van der Waals surface area contributed by atoms with Gasteiger partial charge in [-0.15, -0.1) is 0 Å². The maximum Gasteiger partial charge on any atom is 0.229 e. The van der Waals surface area contributed by atoms with Crippen LogP contribution in [0.4, 0.5) is 0 Å². The van der Waals surface area contributed by atoms with Crippen molar-refractivity contribution >= 4 is 5.91 Å². The predicted octanol–water partition coefficient (Wildman–Crippen LogP) is 3.06. The molecule has 0 bridgehead atoms. The number of amides is 1. The molecule has 122 valence electrons. The van der Waals surface area contributed by atoms with Crippen LogP contribution in [0.15, 0.2) is 29.0 Å². The minimum Gasteiger partial charge on any atom is -0.351 e. The summed E-state index contributed by atoms with van der Waals surface area (Å²) in [6.07, 6.45) is 8.71. The predicted molar refractivity (Wildman–Crippen MR) is 83.7 cm³/mol. The van der Waals surface area contributed by atoms with E-state index in [-0.39, 0.29) is 18.0 Å². The Bertz CT molecular complexity index is 675. The molecule has 0 aromatic carbocycles. The fraction of sp³-hybridized carbons (Fsp3) is 0.588. The van der Waals surface area contributed by atoms with Crippen LogP contribution in [0.25, 0.3) is 0 Å². The molecule has 6 nitrogen and oxygen atoms in total. The molecule has 3 heterocycles. The van der Waals surface area contributed by atoms with Crippen LogP contribution in [0, 0.1) is 0 Å². The summed E-state index contributed by atoms with van der Waals surface area (Å²) in [5.74, 6) is 2.06. The SMILES string of the molecule is C[C@H](CC(=O)N1CCC[C@@H]1c1noc(C2CC2)n1)n1cccc1. The van der Waals surface area contributed by atoms with Gasteiger partial charge in [0, 0.05) is 37.3 Å². The van der Waals surface area contributed by atoms with Gasteiger partial charge in [0.15, 0.2) is 5.82 Å². The maximum atomic E-state index is 12.7. The van der Waals surface area contributed by atoms with E-state index in [2.05, 4.69) is 21.6 Å². The molecule has 2 fully saturated rings. The van der Waals surface area contributed by atoms with Crippen molar-refractivity contribution in [3.63, 3.8) is 0 Å². The van der Waals surface area contributed by atoms with Crippen LogP contribution in [0.5, 0.6) is 0 Å². The molecule has 0 radical (unpaired) electrons. The van der Waals surface area contributed by atoms with E-state index in [0.717, 1.165) is 38.1 Å². The van der Waals surface area contributed by atoms with Crippen molar-refractivity contribution < 1.29 is 9.32 Å². The monoisotopic (exact) mass is 314 g/mol. The van der Waals surface area contributed by atoms with E-state index in [4.69, 9.17) is 4.52 Å². The molecule has 1 saturated carbocycles. The number of carbonyl (C=O) groups excluding carboxylic acids is 1. The smallest absolute Gasteiger partial charge is 0.229 e. The van der Waals surface area contributed by atoms with E-state index in [1.54, 1.807) is 0 Å². The highest BCUT2D eigenvalue weighted by Crippen LogP contribution is 2.40. The van der Waals surface area contributed by atoms with Crippen molar-refractivity contribution in [2.75, 3.05) is 6.54 Å². The number of hydrogen-bond donors (Lipinski definition) is 0. The highest BCUT2D eigenvalue weighted by molar-refractivity contribution is 5.77. The standard InChI is InChI=1S/C17H22N4O2/c1-12(20-8-2-3-9-20)11-15(22)21-10-4-5-14(21)16-18-17(23-19-16)13-6-7-13/h2-3,8-9,12-14H,4-7,10-11H2,1H3/t12-,14-/m1/s1. The summed E-state index contributed by atoms with van der Waals surface area (Å²) in [6, 6.07) is 4.11. The number of nitrogens with zero attached hydrogens (tertiary/aromatic N) is 4. The van der Waals surface area contributed by atoms with Crippen molar-refractivity contribution in [3.8, 4) is 0 Å². The maximum absolute atomic E-state index is 12.7. The summed E-state index contributed by atoms with van der Waals surface area (Å²) < 4.78 is 7.44. The first-order chi connectivity index (χ1) is 11.2. The first kappa shape index (κ1) is 14.5. The van der Waals surface area contributed by atoms with Gasteiger partial charge in [-0.05, 0) is 44.7 Å². The molecule has 23 heavy (non-hydrogen) atoms. The molecule has 4 rings (SSSR count). The third kappa shape index (κ3) is 2.90. The zero-order valence-corrected chi connectivity index (χ0v) is 13.4. The van der Waals surface area contributed by atoms with Crippen LogP contribution < -0.4 is 0 Å². The van der Waals surface area contributed by atoms with Crippen LogP contribution in [0.1, 0.15) is 68.7 Å². The van der Waals surface area contributed by atoms with Gasteiger partial charge in [0.1, 0.15) is 0 Å². The van der Waals surface area contributed by atoms with Crippen molar-refractivity contribution in [1.82, 2.24) is 19.6 Å². The van der Waals surface area contributed by atoms with Gasteiger partial charge in [0.05, 0.1) is 6.04 Å². The van der Waals surface area contributed by atoms with Crippen molar-refractivity contribution in [1.29, 1.82) is 0 Å². The molecule has 0 unspecified atom stereocenters. The average Bonchev–Trinajstić information content (AvgIpc) is 3.05. The molecular formula is C17H22N4O2. The van der Waals surface area contributed by atoms with Gasteiger partial charge in [0.2, 0.25) is 11.8 Å². The van der Waals surface area contributed by atoms with Gasteiger partial charge >= 0.3 is 0 Å². The first-order valence-corrected chi connectivity index (χ1v) is 8.48. The van der Waals surface area contributed by atoms with Gasteiger partial charge in [-0.1, -0.05) is 5.16 Å². The fourth-order valence-electron chi connectivity index (χ4n) is 3.33. The van der Waals surface area contributed by atoms with Gasteiger partial charge < -0.3 is 14.0 Å². The summed E-state index contributed by atoms with van der Waals surface area (Å²) in [4.78, 5) is 19.2. The molecule has 1 aliphatic heterocycles. The Hall–Kier alpha value is -2.11. The number of likely N-dealkylation sites (tertiary alicyclic amines) is 1. The molecule has 1 amide bonds. The van der Waals surface area contributed by atoms with E-state index in [1.165, 1.54) is 0 Å². The third-order valence-electron chi connectivity index (χ3n) is 4.86. The second kappa shape index (κ2) is 5.83. The Balaban J connectivity index is 1.44. The Kier molecular flexibility index (Phi) is 3.67. The number of aromatic nitrogens is 3. The van der Waals surface area contributed by atoms with Gasteiger partial charge in [-0.25, -0.2) is 0 Å². The summed E-state index contributed by atoms with van der Waals surface area (Å²) in [5, 5.41) is 4.14. The Morgan fingerprint density at radius 3 is 2.87 bits per heavy atom. The molecule has 0 N–H and O–H groups in total. The third-order valence-corrected chi connectivity index (χ3v) is 4.86. The molecule has 2 aromatic heterocycles. The van der Waals surface area contributed by atoms with E-state index in [0.29, 0.717) is 18.2 Å². The summed E-state index contributed by atoms with van der Waals surface area (Å²) in [7, 11) is 0. The molecule has 0 spiro atoms. The van der Waals surface area contributed by atoms with E-state index in [9.17, 15) is 4.79 Å². The number of hydrogen-bond acceptors (Lipinski definition) is 4. The van der Waals surface area contributed by atoms with Crippen LogP contribution >= 0.6 is 0 Å². The van der Waals surface area contributed by atoms with Gasteiger partial charge in [0.25, 0.3) is 0 Å². The van der Waals surface area contributed by atoms with Crippen molar-refractivity contribution in [2.45, 2.75) is 57.0 Å². The van der Waals surface area contributed by atoms with E-state index in [1.807, 2.05) is 29.4 Å². The lowest BCUT2D eigenvalue weighted by molar-refractivity contribution is -0.133. The Labute approximate surface area is 135 Å². The second-order valence-electron chi connectivity index (χ2n) is 6.69. The Morgan fingerprint density at radius 2 is 2.13 bits per heavy atom. The molecule has 2 aromatic rings. The molecule has 6 heteroatoms. The molecule has 1 aliphatic carbocycles. The largest absolute Gasteiger partial charge is 0.351 e. The summed E-state index contributed by atoms with van der Waals surface area (Å²) in [5.41, 5.74) is 0. The van der Waals surface area contributed by atoms with Crippen LogP contribution in [0.2, 0.25) is 0 Å². The van der Waals surface area contributed by atoms with Gasteiger partial charge in [-0.3, -0.25) is 4.79 Å².